The molecular formula is C39H37Cl2SiZr. The number of hydrogen-bond donors (Lipinski definition) is 0. The summed E-state index contributed by atoms with van der Waals surface area (Å²) < 4.78 is 0. The summed E-state index contributed by atoms with van der Waals surface area (Å²) in [6.45, 7) is 11.4. The Hall–Kier alpha value is -2.22. The van der Waals surface area contributed by atoms with Crippen molar-refractivity contribution in [1.82, 2.24) is 0 Å². The molecule has 0 heterocycles. The van der Waals surface area contributed by atoms with E-state index >= 15 is 0 Å². The van der Waals surface area contributed by atoms with E-state index in [0.717, 1.165) is 22.4 Å². The Bertz CT molecular complexity index is 1740. The van der Waals surface area contributed by atoms with Gasteiger partial charge in [0.05, 0.1) is 0 Å². The molecule has 5 aromatic rings. The van der Waals surface area contributed by atoms with E-state index in [1.807, 2.05) is 0 Å². The fourth-order valence-electron chi connectivity index (χ4n) is 6.64. The zero-order valence-corrected chi connectivity index (χ0v) is 30.5. The number of fused-ring (bicyclic) bond motifs is 5. The molecule has 0 spiro atoms. The monoisotopic (exact) mass is 693 g/mol. The van der Waals surface area contributed by atoms with Crippen molar-refractivity contribution in [3.63, 3.8) is 0 Å². The van der Waals surface area contributed by atoms with Gasteiger partial charge in [-0.1, -0.05) is 130 Å². The quantitative estimate of drug-likeness (QED) is 0.187. The van der Waals surface area contributed by atoms with Gasteiger partial charge in [-0.15, -0.1) is 16.7 Å². The van der Waals surface area contributed by atoms with Crippen LogP contribution in [0, 0.1) is 11.5 Å². The molecule has 215 valence electrons. The fraction of sp³-hybridized carbons (Fsp3) is 0.231. The molecule has 0 aliphatic heterocycles. The Balaban J connectivity index is 0.000000812. The van der Waals surface area contributed by atoms with E-state index in [-0.39, 0.29) is 62.4 Å². The predicted octanol–water partition coefficient (Wildman–Crippen LogP) is 4.64. The zero-order chi connectivity index (χ0) is 27.9. The number of hydrogen-bond acceptors (Lipinski definition) is 0. The average Bonchev–Trinajstić information content (AvgIpc) is 3.50. The van der Waals surface area contributed by atoms with Crippen LogP contribution in [0.15, 0.2) is 103 Å². The summed E-state index contributed by atoms with van der Waals surface area (Å²) in [7, 11) is 1.08. The molecule has 4 heteroatoms. The first kappa shape index (κ1) is 35.3. The van der Waals surface area contributed by atoms with Crippen LogP contribution >= 0.6 is 0 Å². The standard InChI is InChI=1S/C37H31.C2H6Si.2ClH.Zr/c1-37(2,3)23-26-22-35-31(29-16-8-13-24-11-4-6-14-27(24)29)18-10-20-33(35)36(26)32-19-9-17-30-28-15-7-5-12-25(28)21-34(30)32;1-3-2;;;/h4-18,20,22,36H,21,23H2,1-3H3;1-2H3;2*1H;/q-1;;;;+3/p-2. The first-order chi connectivity index (χ1) is 19.4. The zero-order valence-electron chi connectivity index (χ0n) is 25.6. The minimum atomic E-state index is 0. The molecule has 0 N–H and O–H groups in total. The van der Waals surface area contributed by atoms with Crippen LogP contribution in [0.2, 0.25) is 13.1 Å². The molecule has 0 fully saturated rings. The van der Waals surface area contributed by atoms with Gasteiger partial charge in [0.25, 0.3) is 0 Å². The Labute approximate surface area is 292 Å². The van der Waals surface area contributed by atoms with Gasteiger partial charge >= 0.3 is 26.2 Å². The van der Waals surface area contributed by atoms with Gasteiger partial charge in [0, 0.05) is 15.4 Å². The number of allylic oxidation sites excluding steroid dienone is 1. The summed E-state index contributed by atoms with van der Waals surface area (Å²) in [6, 6.07) is 39.4. The van der Waals surface area contributed by atoms with Crippen LogP contribution < -0.4 is 24.8 Å². The Morgan fingerprint density at radius 3 is 2.14 bits per heavy atom. The molecule has 43 heavy (non-hydrogen) atoms. The maximum atomic E-state index is 3.75. The maximum absolute atomic E-state index is 3.75. The molecule has 0 nitrogen and oxygen atoms in total. The molecule has 1 atom stereocenters. The van der Waals surface area contributed by atoms with E-state index in [1.165, 1.54) is 66.4 Å². The van der Waals surface area contributed by atoms with Crippen LogP contribution in [0.1, 0.15) is 60.9 Å². The summed E-state index contributed by atoms with van der Waals surface area (Å²) in [5.74, 6) is 0.244. The van der Waals surface area contributed by atoms with Gasteiger partial charge in [-0.05, 0) is 62.4 Å². The first-order valence-corrected chi connectivity index (χ1v) is 16.4. The van der Waals surface area contributed by atoms with E-state index in [9.17, 15) is 0 Å². The van der Waals surface area contributed by atoms with E-state index in [0.29, 0.717) is 0 Å². The van der Waals surface area contributed by atoms with E-state index in [4.69, 9.17) is 0 Å². The van der Waals surface area contributed by atoms with Gasteiger partial charge in [-0.2, -0.15) is 18.2 Å². The third kappa shape index (κ3) is 6.89. The minimum Gasteiger partial charge on any atom is -1.00 e. The predicted molar refractivity (Wildman–Crippen MR) is 174 cm³/mol. The van der Waals surface area contributed by atoms with Crippen molar-refractivity contribution in [2.75, 3.05) is 0 Å². The molecule has 1 unspecified atom stereocenters. The van der Waals surface area contributed by atoms with Crippen molar-refractivity contribution in [3.8, 4) is 22.3 Å². The maximum Gasteiger partial charge on any atom is 3.00 e. The smallest absolute Gasteiger partial charge is 1.00 e. The van der Waals surface area contributed by atoms with Crippen LogP contribution in [0.25, 0.3) is 39.1 Å². The molecule has 5 aromatic carbocycles. The van der Waals surface area contributed by atoms with Crippen molar-refractivity contribution in [3.05, 3.63) is 137 Å². The third-order valence-electron chi connectivity index (χ3n) is 8.07. The van der Waals surface area contributed by atoms with Crippen LogP contribution in [0.5, 0.6) is 0 Å². The van der Waals surface area contributed by atoms with E-state index in [1.54, 1.807) is 0 Å². The molecule has 0 aromatic heterocycles. The molecule has 3 radical (unpaired) electrons. The van der Waals surface area contributed by atoms with Crippen molar-refractivity contribution in [1.29, 1.82) is 0 Å². The SMILES string of the molecule is CC(C)(C)CC1=Cc2c(-c3cccc4ccccc34)cccc2C1c1[c-]ccc2c1Cc1ccccc1-2.C[Si]C.[Cl-].[Cl-].[Zr+3]. The van der Waals surface area contributed by atoms with E-state index in [2.05, 4.69) is 143 Å². The summed E-state index contributed by atoms with van der Waals surface area (Å²) >= 11 is 0. The fourth-order valence-corrected chi connectivity index (χ4v) is 6.64. The summed E-state index contributed by atoms with van der Waals surface area (Å²) in [4.78, 5) is 0. The minimum absolute atomic E-state index is 0. The summed E-state index contributed by atoms with van der Waals surface area (Å²) in [6.07, 6.45) is 4.57. The molecule has 2 aliphatic rings. The molecule has 0 bridgehead atoms. The van der Waals surface area contributed by atoms with Gasteiger partial charge in [-0.3, -0.25) is 0 Å². The van der Waals surface area contributed by atoms with Crippen LogP contribution in [-0.2, 0) is 32.6 Å². The number of rotatable bonds is 3. The van der Waals surface area contributed by atoms with Gasteiger partial charge in [0.2, 0.25) is 0 Å². The van der Waals surface area contributed by atoms with Crippen LogP contribution in [0.4, 0.5) is 0 Å². The molecule has 2 aliphatic carbocycles. The molecule has 0 saturated carbocycles. The Kier molecular flexibility index (Phi) is 12.1. The van der Waals surface area contributed by atoms with Crippen molar-refractivity contribution in [2.24, 2.45) is 5.41 Å². The van der Waals surface area contributed by atoms with Crippen molar-refractivity contribution >= 4 is 26.4 Å². The average molecular weight is 696 g/mol. The van der Waals surface area contributed by atoms with Gasteiger partial charge in [0.1, 0.15) is 0 Å². The third-order valence-corrected chi connectivity index (χ3v) is 8.07. The van der Waals surface area contributed by atoms with Crippen molar-refractivity contribution in [2.45, 2.75) is 52.6 Å². The second-order valence-electron chi connectivity index (χ2n) is 12.3. The van der Waals surface area contributed by atoms with Gasteiger partial charge < -0.3 is 24.8 Å². The summed E-state index contributed by atoms with van der Waals surface area (Å²) in [5, 5.41) is 2.60. The van der Waals surface area contributed by atoms with Gasteiger partial charge in [-0.25, -0.2) is 0 Å². The Morgan fingerprint density at radius 2 is 1.37 bits per heavy atom. The normalized spacial score (nSPS) is 14.1. The summed E-state index contributed by atoms with van der Waals surface area (Å²) in [5.41, 5.74) is 14.2. The first-order valence-electron chi connectivity index (χ1n) is 14.4. The second-order valence-corrected chi connectivity index (χ2v) is 13.3. The topological polar surface area (TPSA) is 0 Å². The Morgan fingerprint density at radius 1 is 0.744 bits per heavy atom. The molecule has 0 amide bonds. The second kappa shape index (κ2) is 14.7. The molecule has 0 saturated heterocycles. The van der Waals surface area contributed by atoms with E-state index < -0.39 is 0 Å². The molecular weight excluding hydrogens is 659 g/mol. The van der Waals surface area contributed by atoms with Crippen molar-refractivity contribution < 1.29 is 51.0 Å². The van der Waals surface area contributed by atoms with Crippen LogP contribution in [0.3, 0.4) is 0 Å². The number of benzene rings is 5. The van der Waals surface area contributed by atoms with Crippen LogP contribution in [-0.4, -0.2) is 9.52 Å². The molecule has 7 rings (SSSR count). The number of halogens is 2. The largest absolute Gasteiger partial charge is 3.00 e. The van der Waals surface area contributed by atoms with Gasteiger partial charge in [0.15, 0.2) is 0 Å².